The van der Waals surface area contributed by atoms with Crippen LogP contribution in [-0.4, -0.2) is 17.8 Å². The van der Waals surface area contributed by atoms with Crippen molar-refractivity contribution in [3.8, 4) is 6.07 Å². The van der Waals surface area contributed by atoms with E-state index in [0.717, 1.165) is 25.7 Å². The molecule has 1 saturated carbocycles. The number of halogens is 1. The second kappa shape index (κ2) is 5.83. The molecule has 1 fully saturated rings. The maximum atomic E-state index is 13.4. The lowest BCUT2D eigenvalue weighted by molar-refractivity contribution is 0.0763. The van der Waals surface area contributed by atoms with Crippen molar-refractivity contribution >= 4 is 5.69 Å². The lowest BCUT2D eigenvalue weighted by atomic mass is 9.86. The van der Waals surface area contributed by atoms with Crippen molar-refractivity contribution in [2.45, 2.75) is 31.8 Å². The molecule has 0 aromatic heterocycles. The molecule has 1 aromatic rings. The normalized spacial score (nSPS) is 23.4. The summed E-state index contributed by atoms with van der Waals surface area (Å²) in [5, 5.41) is 21.6. The van der Waals surface area contributed by atoms with Crippen molar-refractivity contribution in [1.29, 1.82) is 5.26 Å². The first-order valence-corrected chi connectivity index (χ1v) is 6.32. The Morgan fingerprint density at radius 2 is 2.17 bits per heavy atom. The quantitative estimate of drug-likeness (QED) is 0.864. The van der Waals surface area contributed by atoms with Crippen LogP contribution in [0.2, 0.25) is 0 Å². The fourth-order valence-corrected chi connectivity index (χ4v) is 2.39. The molecule has 96 valence electrons. The maximum Gasteiger partial charge on any atom is 0.143 e. The van der Waals surface area contributed by atoms with Gasteiger partial charge in [0, 0.05) is 18.2 Å². The Balaban J connectivity index is 1.94. The smallest absolute Gasteiger partial charge is 0.143 e. The van der Waals surface area contributed by atoms with Crippen molar-refractivity contribution in [1.82, 2.24) is 0 Å². The summed E-state index contributed by atoms with van der Waals surface area (Å²) in [5.74, 6) is -0.274. The van der Waals surface area contributed by atoms with E-state index >= 15 is 0 Å². The van der Waals surface area contributed by atoms with Gasteiger partial charge in [-0.25, -0.2) is 4.39 Å². The average Bonchev–Trinajstić information content (AvgIpc) is 2.38. The number of benzene rings is 1. The summed E-state index contributed by atoms with van der Waals surface area (Å²) < 4.78 is 13.4. The van der Waals surface area contributed by atoms with Gasteiger partial charge in [-0.3, -0.25) is 0 Å². The van der Waals surface area contributed by atoms with Crippen molar-refractivity contribution in [2.24, 2.45) is 5.92 Å². The second-order valence-corrected chi connectivity index (χ2v) is 4.80. The number of nitrogens with one attached hydrogen (secondary N) is 1. The summed E-state index contributed by atoms with van der Waals surface area (Å²) in [6.07, 6.45) is 3.84. The Bertz CT molecular complexity index is 456. The van der Waals surface area contributed by atoms with Crippen LogP contribution in [0.25, 0.3) is 0 Å². The number of hydrogen-bond acceptors (Lipinski definition) is 3. The summed E-state index contributed by atoms with van der Waals surface area (Å²) in [6.45, 7) is 0.645. The van der Waals surface area contributed by atoms with Gasteiger partial charge in [-0.05, 0) is 31.0 Å². The lowest BCUT2D eigenvalue weighted by Gasteiger charge is -2.28. The highest BCUT2D eigenvalue weighted by atomic mass is 19.1. The van der Waals surface area contributed by atoms with Gasteiger partial charge >= 0.3 is 0 Å². The van der Waals surface area contributed by atoms with Crippen LogP contribution in [0.15, 0.2) is 18.2 Å². The fourth-order valence-electron chi connectivity index (χ4n) is 2.39. The fraction of sp³-hybridized carbons (Fsp3) is 0.500. The van der Waals surface area contributed by atoms with Gasteiger partial charge in [-0.15, -0.1) is 0 Å². The van der Waals surface area contributed by atoms with Gasteiger partial charge < -0.3 is 10.4 Å². The molecule has 1 aromatic carbocycles. The van der Waals surface area contributed by atoms with Crippen LogP contribution in [0.4, 0.5) is 10.1 Å². The Hall–Kier alpha value is -1.60. The van der Waals surface area contributed by atoms with Gasteiger partial charge in [-0.2, -0.15) is 5.26 Å². The van der Waals surface area contributed by atoms with E-state index in [4.69, 9.17) is 5.26 Å². The Labute approximate surface area is 106 Å². The molecule has 0 amide bonds. The zero-order valence-corrected chi connectivity index (χ0v) is 10.2. The first-order chi connectivity index (χ1) is 8.70. The molecule has 2 N–H and O–H groups in total. The Morgan fingerprint density at radius 1 is 1.39 bits per heavy atom. The van der Waals surface area contributed by atoms with Crippen LogP contribution in [0, 0.1) is 23.1 Å². The van der Waals surface area contributed by atoms with E-state index in [-0.39, 0.29) is 17.6 Å². The van der Waals surface area contributed by atoms with Crippen LogP contribution < -0.4 is 5.32 Å². The van der Waals surface area contributed by atoms with Gasteiger partial charge in [0.1, 0.15) is 11.9 Å². The standard InChI is InChI=1S/C14H17FN2O/c15-13-7-12(6-5-10(13)8-16)17-9-11-3-1-2-4-14(11)18/h5-7,11,14,17-18H,1-4,9H2. The zero-order chi connectivity index (χ0) is 13.0. The van der Waals surface area contributed by atoms with Crippen LogP contribution in [0.1, 0.15) is 31.2 Å². The van der Waals surface area contributed by atoms with Gasteiger partial charge in [0.2, 0.25) is 0 Å². The third-order valence-electron chi connectivity index (χ3n) is 3.53. The maximum absolute atomic E-state index is 13.4. The number of nitrogens with zero attached hydrogens (tertiary/aromatic N) is 1. The molecule has 4 heteroatoms. The molecule has 1 aliphatic carbocycles. The minimum absolute atomic E-state index is 0.0539. The first kappa shape index (κ1) is 12.8. The molecule has 2 unspecified atom stereocenters. The average molecular weight is 248 g/mol. The zero-order valence-electron chi connectivity index (χ0n) is 10.2. The predicted molar refractivity (Wildman–Crippen MR) is 67.6 cm³/mol. The summed E-state index contributed by atoms with van der Waals surface area (Å²) >= 11 is 0. The number of rotatable bonds is 3. The van der Waals surface area contributed by atoms with Crippen molar-refractivity contribution in [3.63, 3.8) is 0 Å². The molecular weight excluding hydrogens is 231 g/mol. The van der Waals surface area contributed by atoms with E-state index in [1.807, 2.05) is 0 Å². The summed E-state index contributed by atoms with van der Waals surface area (Å²) in [6, 6.07) is 6.28. The Morgan fingerprint density at radius 3 is 2.83 bits per heavy atom. The highest BCUT2D eigenvalue weighted by Crippen LogP contribution is 2.25. The third-order valence-corrected chi connectivity index (χ3v) is 3.53. The van der Waals surface area contributed by atoms with Gasteiger partial charge in [0.05, 0.1) is 11.7 Å². The van der Waals surface area contributed by atoms with E-state index in [0.29, 0.717) is 12.2 Å². The summed E-state index contributed by atoms with van der Waals surface area (Å²) in [7, 11) is 0. The molecule has 0 aliphatic heterocycles. The van der Waals surface area contributed by atoms with Crippen molar-refractivity contribution < 1.29 is 9.50 Å². The monoisotopic (exact) mass is 248 g/mol. The molecule has 0 saturated heterocycles. The Kier molecular flexibility index (Phi) is 4.16. The summed E-state index contributed by atoms with van der Waals surface area (Å²) in [4.78, 5) is 0. The second-order valence-electron chi connectivity index (χ2n) is 4.80. The SMILES string of the molecule is N#Cc1ccc(NCC2CCCCC2O)cc1F. The number of hydrogen-bond donors (Lipinski definition) is 2. The van der Waals surface area contributed by atoms with E-state index < -0.39 is 5.82 Å². The van der Waals surface area contributed by atoms with E-state index in [9.17, 15) is 9.50 Å². The minimum Gasteiger partial charge on any atom is -0.393 e. The van der Waals surface area contributed by atoms with Gasteiger partial charge in [0.15, 0.2) is 0 Å². The summed E-state index contributed by atoms with van der Waals surface area (Å²) in [5.41, 5.74) is 0.711. The molecule has 0 heterocycles. The number of anilines is 1. The van der Waals surface area contributed by atoms with E-state index in [1.54, 1.807) is 12.1 Å². The lowest BCUT2D eigenvalue weighted by Crippen LogP contribution is -2.30. The molecule has 3 nitrogen and oxygen atoms in total. The highest BCUT2D eigenvalue weighted by molar-refractivity contribution is 5.48. The highest BCUT2D eigenvalue weighted by Gasteiger charge is 2.22. The van der Waals surface area contributed by atoms with Crippen LogP contribution in [-0.2, 0) is 0 Å². The van der Waals surface area contributed by atoms with Crippen LogP contribution >= 0.6 is 0 Å². The van der Waals surface area contributed by atoms with Crippen LogP contribution in [0.3, 0.4) is 0 Å². The largest absolute Gasteiger partial charge is 0.393 e. The first-order valence-electron chi connectivity index (χ1n) is 6.32. The topological polar surface area (TPSA) is 56.0 Å². The van der Waals surface area contributed by atoms with Gasteiger partial charge in [-0.1, -0.05) is 12.8 Å². The molecule has 0 bridgehead atoms. The number of aliphatic hydroxyl groups excluding tert-OH is 1. The van der Waals surface area contributed by atoms with E-state index in [2.05, 4.69) is 5.32 Å². The van der Waals surface area contributed by atoms with Crippen molar-refractivity contribution in [3.05, 3.63) is 29.6 Å². The molecule has 0 spiro atoms. The van der Waals surface area contributed by atoms with Crippen molar-refractivity contribution in [2.75, 3.05) is 11.9 Å². The molecule has 2 rings (SSSR count). The molecule has 2 atom stereocenters. The predicted octanol–water partition coefficient (Wildman–Crippen LogP) is 2.66. The number of aliphatic hydroxyl groups is 1. The molecule has 1 aliphatic rings. The molecule has 0 radical (unpaired) electrons. The molecular formula is C14H17FN2O. The van der Waals surface area contributed by atoms with Gasteiger partial charge in [0.25, 0.3) is 0 Å². The van der Waals surface area contributed by atoms with E-state index in [1.165, 1.54) is 12.1 Å². The minimum atomic E-state index is -0.508. The number of nitriles is 1. The third kappa shape index (κ3) is 2.99. The molecule has 18 heavy (non-hydrogen) atoms. The van der Waals surface area contributed by atoms with Crippen LogP contribution in [0.5, 0.6) is 0 Å².